The maximum absolute atomic E-state index is 10.5. The lowest BCUT2D eigenvalue weighted by molar-refractivity contribution is -0.394. The molecule has 0 aliphatic carbocycles. The van der Waals surface area contributed by atoms with Crippen LogP contribution in [0.2, 0.25) is 0 Å². The van der Waals surface area contributed by atoms with Crippen LogP contribution < -0.4 is 5.73 Å². The molecule has 1 aromatic carbocycles. The van der Waals surface area contributed by atoms with Crippen LogP contribution in [-0.4, -0.2) is 9.85 Å². The summed E-state index contributed by atoms with van der Waals surface area (Å²) in [5.74, 6) is 0. The summed E-state index contributed by atoms with van der Waals surface area (Å²) in [4.78, 5) is 19.4. The summed E-state index contributed by atoms with van der Waals surface area (Å²) in [7, 11) is 0. The van der Waals surface area contributed by atoms with Gasteiger partial charge in [0.15, 0.2) is 0 Å². The number of nitro groups is 2. The van der Waals surface area contributed by atoms with Gasteiger partial charge in [-0.1, -0.05) is 0 Å². The maximum Gasteiger partial charge on any atom is 0.281 e. The summed E-state index contributed by atoms with van der Waals surface area (Å²) >= 11 is 0. The molecule has 14 heavy (non-hydrogen) atoms. The third-order valence-electron chi connectivity index (χ3n) is 1.81. The second-order valence-electron chi connectivity index (χ2n) is 2.69. The van der Waals surface area contributed by atoms with Gasteiger partial charge < -0.3 is 5.73 Å². The van der Waals surface area contributed by atoms with E-state index in [1.807, 2.05) is 0 Å². The molecule has 0 aliphatic heterocycles. The fourth-order valence-electron chi connectivity index (χ4n) is 1.00. The van der Waals surface area contributed by atoms with E-state index in [4.69, 9.17) is 5.73 Å². The van der Waals surface area contributed by atoms with E-state index in [9.17, 15) is 20.2 Å². The van der Waals surface area contributed by atoms with E-state index in [1.165, 1.54) is 6.92 Å². The van der Waals surface area contributed by atoms with Crippen LogP contribution in [0.4, 0.5) is 17.1 Å². The van der Waals surface area contributed by atoms with Crippen LogP contribution in [0.5, 0.6) is 0 Å². The van der Waals surface area contributed by atoms with Crippen LogP contribution in [-0.2, 0) is 0 Å². The fraction of sp³-hybridized carbons (Fsp3) is 0.143. The van der Waals surface area contributed by atoms with Crippen molar-refractivity contribution in [2.24, 2.45) is 0 Å². The Morgan fingerprint density at radius 2 is 1.79 bits per heavy atom. The average molecular weight is 197 g/mol. The van der Waals surface area contributed by atoms with Gasteiger partial charge >= 0.3 is 0 Å². The molecular weight excluding hydrogens is 190 g/mol. The molecule has 0 saturated heterocycles. The van der Waals surface area contributed by atoms with Crippen LogP contribution in [0.1, 0.15) is 5.56 Å². The van der Waals surface area contributed by atoms with Crippen LogP contribution in [0.15, 0.2) is 12.1 Å². The Hall–Kier alpha value is -2.18. The first-order valence-corrected chi connectivity index (χ1v) is 3.62. The number of nitrogens with two attached hydrogens (primary N) is 1. The van der Waals surface area contributed by atoms with Crippen molar-refractivity contribution < 1.29 is 9.85 Å². The minimum atomic E-state index is -0.719. The highest BCUT2D eigenvalue weighted by molar-refractivity contribution is 5.63. The van der Waals surface area contributed by atoms with E-state index in [1.54, 1.807) is 0 Å². The Balaban J connectivity index is 3.43. The predicted molar refractivity (Wildman–Crippen MR) is 48.9 cm³/mol. The Morgan fingerprint density at radius 1 is 1.21 bits per heavy atom. The Labute approximate surface area is 78.4 Å². The largest absolute Gasteiger partial charge is 0.398 e. The molecule has 0 atom stereocenters. The maximum atomic E-state index is 10.5. The number of anilines is 1. The lowest BCUT2D eigenvalue weighted by Gasteiger charge is -2.00. The van der Waals surface area contributed by atoms with Crippen LogP contribution in [0.25, 0.3) is 0 Å². The van der Waals surface area contributed by atoms with Crippen molar-refractivity contribution in [1.29, 1.82) is 0 Å². The molecule has 7 heteroatoms. The smallest absolute Gasteiger partial charge is 0.281 e. The molecule has 0 radical (unpaired) electrons. The normalized spacial score (nSPS) is 9.79. The summed E-state index contributed by atoms with van der Waals surface area (Å²) < 4.78 is 0. The van der Waals surface area contributed by atoms with Crippen LogP contribution in [0, 0.1) is 27.2 Å². The predicted octanol–water partition coefficient (Wildman–Crippen LogP) is 1.39. The van der Waals surface area contributed by atoms with E-state index in [0.717, 1.165) is 12.1 Å². The summed E-state index contributed by atoms with van der Waals surface area (Å²) in [6.45, 7) is 1.44. The molecule has 0 aliphatic rings. The molecule has 0 heterocycles. The fourth-order valence-corrected chi connectivity index (χ4v) is 1.00. The van der Waals surface area contributed by atoms with E-state index in [2.05, 4.69) is 0 Å². The summed E-state index contributed by atoms with van der Waals surface area (Å²) in [6, 6.07) is 1.99. The lowest BCUT2D eigenvalue weighted by atomic mass is 10.1. The van der Waals surface area contributed by atoms with Gasteiger partial charge in [0.2, 0.25) is 0 Å². The van der Waals surface area contributed by atoms with Crippen LogP contribution in [0.3, 0.4) is 0 Å². The van der Waals surface area contributed by atoms with Crippen LogP contribution >= 0.6 is 0 Å². The molecule has 0 bridgehead atoms. The molecule has 0 aromatic heterocycles. The van der Waals surface area contributed by atoms with Crippen molar-refractivity contribution in [2.75, 3.05) is 5.73 Å². The number of nitrogens with zero attached hydrogens (tertiary/aromatic N) is 2. The first-order valence-electron chi connectivity index (χ1n) is 3.62. The zero-order chi connectivity index (χ0) is 10.9. The van der Waals surface area contributed by atoms with Crippen molar-refractivity contribution in [2.45, 2.75) is 6.92 Å². The monoisotopic (exact) mass is 197 g/mol. The van der Waals surface area contributed by atoms with Gasteiger partial charge in [-0.25, -0.2) is 0 Å². The van der Waals surface area contributed by atoms with Gasteiger partial charge in [0, 0.05) is 11.8 Å². The number of hydrogen-bond acceptors (Lipinski definition) is 5. The summed E-state index contributed by atoms with van der Waals surface area (Å²) in [5.41, 5.74) is 4.96. The number of non-ortho nitro benzene ring substituents is 1. The summed E-state index contributed by atoms with van der Waals surface area (Å²) in [6.07, 6.45) is 0. The third-order valence-corrected chi connectivity index (χ3v) is 1.81. The number of rotatable bonds is 2. The van der Waals surface area contributed by atoms with Crippen molar-refractivity contribution >= 4 is 17.1 Å². The molecular formula is C7H7N3O4. The van der Waals surface area contributed by atoms with E-state index in [0.29, 0.717) is 0 Å². The molecule has 0 amide bonds. The molecule has 0 spiro atoms. The van der Waals surface area contributed by atoms with E-state index < -0.39 is 9.85 Å². The van der Waals surface area contributed by atoms with Crippen molar-refractivity contribution in [1.82, 2.24) is 0 Å². The van der Waals surface area contributed by atoms with Gasteiger partial charge in [-0.2, -0.15) is 0 Å². The highest BCUT2D eigenvalue weighted by Gasteiger charge is 2.19. The highest BCUT2D eigenvalue weighted by atomic mass is 16.6. The van der Waals surface area contributed by atoms with Gasteiger partial charge in [0.1, 0.15) is 0 Å². The molecule has 74 valence electrons. The van der Waals surface area contributed by atoms with Gasteiger partial charge in [0.05, 0.1) is 21.5 Å². The standard InChI is InChI=1S/C7H7N3O4/c1-4-6(8)2-5(9(11)12)3-7(4)10(13)14/h2-3H,8H2,1H3. The zero-order valence-corrected chi connectivity index (χ0v) is 7.26. The molecule has 0 saturated carbocycles. The molecule has 1 rings (SSSR count). The van der Waals surface area contributed by atoms with Gasteiger partial charge in [0.25, 0.3) is 11.4 Å². The minimum Gasteiger partial charge on any atom is -0.398 e. The summed E-state index contributed by atoms with van der Waals surface area (Å²) in [5, 5.41) is 20.8. The second-order valence-corrected chi connectivity index (χ2v) is 2.69. The Kier molecular flexibility index (Phi) is 2.32. The molecule has 2 N–H and O–H groups in total. The number of nitrogen functional groups attached to an aromatic ring is 1. The average Bonchev–Trinajstić information content (AvgIpc) is 2.08. The quantitative estimate of drug-likeness (QED) is 0.437. The third kappa shape index (κ3) is 1.60. The molecule has 0 fully saturated rings. The number of nitro benzene ring substituents is 2. The molecule has 1 aromatic rings. The highest BCUT2D eigenvalue weighted by Crippen LogP contribution is 2.29. The topological polar surface area (TPSA) is 112 Å². The SMILES string of the molecule is Cc1c(N)cc([N+](=O)[O-])cc1[N+](=O)[O-]. The Bertz CT molecular complexity index is 416. The Morgan fingerprint density at radius 3 is 2.21 bits per heavy atom. The van der Waals surface area contributed by atoms with Crippen molar-refractivity contribution in [3.8, 4) is 0 Å². The van der Waals surface area contributed by atoms with Gasteiger partial charge in [-0.05, 0) is 6.92 Å². The number of hydrogen-bond donors (Lipinski definition) is 1. The van der Waals surface area contributed by atoms with Gasteiger partial charge in [-0.15, -0.1) is 0 Å². The minimum absolute atomic E-state index is 0.0471. The van der Waals surface area contributed by atoms with E-state index in [-0.39, 0.29) is 22.6 Å². The lowest BCUT2D eigenvalue weighted by Crippen LogP contribution is -1.99. The molecule has 7 nitrogen and oxygen atoms in total. The van der Waals surface area contributed by atoms with Gasteiger partial charge in [-0.3, -0.25) is 20.2 Å². The second kappa shape index (κ2) is 3.29. The van der Waals surface area contributed by atoms with Crippen molar-refractivity contribution in [3.63, 3.8) is 0 Å². The molecule has 0 unspecified atom stereocenters. The number of benzene rings is 1. The van der Waals surface area contributed by atoms with Crippen molar-refractivity contribution in [3.05, 3.63) is 37.9 Å². The zero-order valence-electron chi connectivity index (χ0n) is 7.26. The van der Waals surface area contributed by atoms with E-state index >= 15 is 0 Å². The first-order chi connectivity index (χ1) is 6.43. The first kappa shape index (κ1) is 9.90.